The fraction of sp³-hybridized carbons (Fsp3) is 0.533. The largest absolute Gasteiger partial charge is 0.336 e. The van der Waals surface area contributed by atoms with Gasteiger partial charge in [-0.05, 0) is 43.0 Å². The van der Waals surface area contributed by atoms with Gasteiger partial charge in [0, 0.05) is 44.0 Å². The third-order valence-corrected chi connectivity index (χ3v) is 4.17. The molecule has 2 aliphatic rings. The van der Waals surface area contributed by atoms with Gasteiger partial charge in [0.2, 0.25) is 0 Å². The van der Waals surface area contributed by atoms with Crippen molar-refractivity contribution in [3.8, 4) is 0 Å². The predicted octanol–water partition coefficient (Wildman–Crippen LogP) is 1.14. The zero-order valence-electron chi connectivity index (χ0n) is 11.7. The number of hydrogen-bond acceptors (Lipinski definition) is 4. The van der Waals surface area contributed by atoms with Gasteiger partial charge in [0.15, 0.2) is 0 Å². The number of nitrogen functional groups attached to an aromatic ring is 1. The van der Waals surface area contributed by atoms with E-state index in [2.05, 4.69) is 10.3 Å². The number of carbonyl (C=O) groups excluding carboxylic acids is 1. The Kier molecular flexibility index (Phi) is 3.89. The van der Waals surface area contributed by atoms with Gasteiger partial charge in [0.05, 0.1) is 0 Å². The van der Waals surface area contributed by atoms with Crippen molar-refractivity contribution in [3.63, 3.8) is 0 Å². The van der Waals surface area contributed by atoms with Crippen LogP contribution in [0.15, 0.2) is 24.3 Å². The summed E-state index contributed by atoms with van der Waals surface area (Å²) >= 11 is 0. The van der Waals surface area contributed by atoms with E-state index in [4.69, 9.17) is 5.84 Å². The van der Waals surface area contributed by atoms with Crippen LogP contribution in [0.1, 0.15) is 23.2 Å². The molecule has 1 heterocycles. The molecule has 3 N–H and O–H groups in total. The van der Waals surface area contributed by atoms with Crippen LogP contribution in [-0.4, -0.2) is 48.4 Å². The highest BCUT2D eigenvalue weighted by molar-refractivity contribution is 5.94. The van der Waals surface area contributed by atoms with Gasteiger partial charge < -0.3 is 10.3 Å². The lowest BCUT2D eigenvalue weighted by Gasteiger charge is -2.34. The maximum absolute atomic E-state index is 12.4. The number of hydrogen-bond donors (Lipinski definition) is 2. The molecule has 0 radical (unpaired) electrons. The summed E-state index contributed by atoms with van der Waals surface area (Å²) in [6, 6.07) is 7.31. The molecule has 1 saturated heterocycles. The lowest BCUT2D eigenvalue weighted by Crippen LogP contribution is -2.49. The Labute approximate surface area is 119 Å². The van der Waals surface area contributed by atoms with E-state index in [1.54, 1.807) is 0 Å². The van der Waals surface area contributed by atoms with Crippen LogP contribution >= 0.6 is 0 Å². The van der Waals surface area contributed by atoms with Gasteiger partial charge in [0.1, 0.15) is 0 Å². The minimum atomic E-state index is 0.125. The summed E-state index contributed by atoms with van der Waals surface area (Å²) in [6.45, 7) is 4.90. The summed E-state index contributed by atoms with van der Waals surface area (Å²) in [6.07, 6.45) is 2.78. The number of anilines is 1. The third-order valence-electron chi connectivity index (χ3n) is 4.17. The summed E-state index contributed by atoms with van der Waals surface area (Å²) in [5.41, 5.74) is 4.12. The fourth-order valence-electron chi connectivity index (χ4n) is 2.69. The Morgan fingerprint density at radius 3 is 2.35 bits per heavy atom. The lowest BCUT2D eigenvalue weighted by atomic mass is 10.1. The first-order chi connectivity index (χ1) is 9.76. The lowest BCUT2D eigenvalue weighted by molar-refractivity contribution is 0.0632. The van der Waals surface area contributed by atoms with Gasteiger partial charge >= 0.3 is 0 Å². The molecule has 3 rings (SSSR count). The third kappa shape index (κ3) is 3.11. The molecule has 0 unspecified atom stereocenters. The van der Waals surface area contributed by atoms with Crippen LogP contribution in [0.4, 0.5) is 5.69 Å². The number of nitrogens with zero attached hydrogens (tertiary/aromatic N) is 2. The highest BCUT2D eigenvalue weighted by Crippen LogP contribution is 2.30. The van der Waals surface area contributed by atoms with E-state index in [1.807, 2.05) is 29.2 Å². The van der Waals surface area contributed by atoms with Gasteiger partial charge in [-0.1, -0.05) is 0 Å². The summed E-state index contributed by atoms with van der Waals surface area (Å²) < 4.78 is 0. The van der Waals surface area contributed by atoms with E-state index >= 15 is 0 Å². The molecule has 0 aromatic heterocycles. The van der Waals surface area contributed by atoms with Gasteiger partial charge in [-0.3, -0.25) is 15.5 Å². The first-order valence-electron chi connectivity index (χ1n) is 7.34. The van der Waals surface area contributed by atoms with Crippen molar-refractivity contribution in [3.05, 3.63) is 29.8 Å². The number of rotatable bonds is 4. The molecular formula is C15H22N4O. The van der Waals surface area contributed by atoms with E-state index in [1.165, 1.54) is 19.4 Å². The van der Waals surface area contributed by atoms with Crippen molar-refractivity contribution < 1.29 is 4.79 Å². The Morgan fingerprint density at radius 2 is 1.80 bits per heavy atom. The number of carbonyl (C=O) groups is 1. The van der Waals surface area contributed by atoms with Crippen molar-refractivity contribution in [2.24, 2.45) is 11.8 Å². The van der Waals surface area contributed by atoms with Crippen LogP contribution in [0.25, 0.3) is 0 Å². The monoisotopic (exact) mass is 274 g/mol. The zero-order chi connectivity index (χ0) is 13.9. The fourth-order valence-corrected chi connectivity index (χ4v) is 2.69. The summed E-state index contributed by atoms with van der Waals surface area (Å²) in [7, 11) is 0. The van der Waals surface area contributed by atoms with Crippen LogP contribution in [-0.2, 0) is 0 Å². The van der Waals surface area contributed by atoms with E-state index in [-0.39, 0.29) is 5.91 Å². The predicted molar refractivity (Wildman–Crippen MR) is 79.3 cm³/mol. The minimum Gasteiger partial charge on any atom is -0.336 e. The first-order valence-corrected chi connectivity index (χ1v) is 7.34. The van der Waals surface area contributed by atoms with Crippen molar-refractivity contribution in [2.45, 2.75) is 12.8 Å². The minimum absolute atomic E-state index is 0.125. The van der Waals surface area contributed by atoms with Crippen LogP contribution < -0.4 is 11.3 Å². The molecule has 5 heteroatoms. The molecule has 5 nitrogen and oxygen atoms in total. The summed E-state index contributed by atoms with van der Waals surface area (Å²) in [4.78, 5) is 16.8. The second kappa shape index (κ2) is 5.81. The van der Waals surface area contributed by atoms with Crippen LogP contribution in [0.3, 0.4) is 0 Å². The molecule has 0 spiro atoms. The number of benzene rings is 1. The highest BCUT2D eigenvalue weighted by atomic mass is 16.2. The van der Waals surface area contributed by atoms with Crippen LogP contribution in [0.5, 0.6) is 0 Å². The molecule has 20 heavy (non-hydrogen) atoms. The molecule has 0 bridgehead atoms. The molecule has 108 valence electrons. The smallest absolute Gasteiger partial charge is 0.253 e. The quantitative estimate of drug-likeness (QED) is 0.638. The molecule has 0 atom stereocenters. The van der Waals surface area contributed by atoms with Crippen molar-refractivity contribution >= 4 is 11.6 Å². The molecule has 1 saturated carbocycles. The molecule has 1 aliphatic heterocycles. The number of piperazine rings is 1. The van der Waals surface area contributed by atoms with Crippen molar-refractivity contribution in [2.75, 3.05) is 38.1 Å². The van der Waals surface area contributed by atoms with Crippen LogP contribution in [0.2, 0.25) is 0 Å². The summed E-state index contributed by atoms with van der Waals surface area (Å²) in [5, 5.41) is 0. The van der Waals surface area contributed by atoms with Crippen molar-refractivity contribution in [1.82, 2.24) is 9.80 Å². The maximum atomic E-state index is 12.4. The molecule has 1 aromatic carbocycles. The Morgan fingerprint density at radius 1 is 1.15 bits per heavy atom. The molecular weight excluding hydrogens is 252 g/mol. The van der Waals surface area contributed by atoms with E-state index in [0.717, 1.165) is 43.3 Å². The number of hydrazine groups is 1. The Bertz CT molecular complexity index is 461. The average molecular weight is 274 g/mol. The number of nitrogens with one attached hydrogen (secondary N) is 1. The van der Waals surface area contributed by atoms with E-state index in [0.29, 0.717) is 0 Å². The molecule has 1 aliphatic carbocycles. The Hall–Kier alpha value is -1.59. The molecule has 1 aromatic rings. The average Bonchev–Trinajstić information content (AvgIpc) is 3.31. The van der Waals surface area contributed by atoms with E-state index in [9.17, 15) is 4.79 Å². The zero-order valence-corrected chi connectivity index (χ0v) is 11.7. The second-order valence-corrected chi connectivity index (χ2v) is 5.76. The maximum Gasteiger partial charge on any atom is 0.253 e. The van der Waals surface area contributed by atoms with Gasteiger partial charge in [-0.2, -0.15) is 0 Å². The first kappa shape index (κ1) is 13.4. The Balaban J connectivity index is 1.54. The normalized spacial score (nSPS) is 19.9. The van der Waals surface area contributed by atoms with Crippen molar-refractivity contribution in [1.29, 1.82) is 0 Å². The SMILES string of the molecule is NNc1ccc(C(=O)N2CCN(CC3CC3)CC2)cc1. The second-order valence-electron chi connectivity index (χ2n) is 5.76. The van der Waals surface area contributed by atoms with Gasteiger partial charge in [-0.25, -0.2) is 0 Å². The number of nitrogens with two attached hydrogens (primary N) is 1. The highest BCUT2D eigenvalue weighted by Gasteiger charge is 2.27. The van der Waals surface area contributed by atoms with E-state index < -0.39 is 0 Å². The summed E-state index contributed by atoms with van der Waals surface area (Å²) in [5.74, 6) is 6.38. The van der Waals surface area contributed by atoms with Crippen LogP contribution in [0, 0.1) is 5.92 Å². The van der Waals surface area contributed by atoms with Gasteiger partial charge in [-0.15, -0.1) is 0 Å². The van der Waals surface area contributed by atoms with Gasteiger partial charge in [0.25, 0.3) is 5.91 Å². The standard InChI is InChI=1S/C15H22N4O/c16-17-14-5-3-13(4-6-14)15(20)19-9-7-18(8-10-19)11-12-1-2-12/h3-6,12,17H,1-2,7-11,16H2. The molecule has 2 fully saturated rings. The topological polar surface area (TPSA) is 61.6 Å². The number of amides is 1. The molecule has 1 amide bonds.